The average Bonchev–Trinajstić information content (AvgIpc) is 2.88. The molecule has 2 rings (SSSR count). The maximum Gasteiger partial charge on any atom is 0.243 e. The summed E-state index contributed by atoms with van der Waals surface area (Å²) >= 11 is 0. The van der Waals surface area contributed by atoms with Gasteiger partial charge in [0.2, 0.25) is 10.0 Å². The van der Waals surface area contributed by atoms with Crippen LogP contribution in [0.3, 0.4) is 0 Å². The van der Waals surface area contributed by atoms with Crippen molar-refractivity contribution < 1.29 is 8.42 Å². The molecule has 1 N–H and O–H groups in total. The van der Waals surface area contributed by atoms with Crippen molar-refractivity contribution in [2.75, 3.05) is 13.6 Å². The van der Waals surface area contributed by atoms with Crippen molar-refractivity contribution in [3.63, 3.8) is 0 Å². The standard InChI is InChI=1S/C14H22N2O2S/c1-3-13-8-6-10-16(13)19(17,18)14-9-5-4-7-12(14)11-15-2/h4-5,7,9,13,15H,3,6,8,10-11H2,1-2H3. The highest BCUT2D eigenvalue weighted by Gasteiger charge is 2.35. The van der Waals surface area contributed by atoms with E-state index in [4.69, 9.17) is 0 Å². The molecule has 1 fully saturated rings. The van der Waals surface area contributed by atoms with E-state index in [1.54, 1.807) is 16.4 Å². The summed E-state index contributed by atoms with van der Waals surface area (Å²) in [5.41, 5.74) is 0.840. The zero-order valence-corrected chi connectivity index (χ0v) is 12.4. The molecular weight excluding hydrogens is 260 g/mol. The van der Waals surface area contributed by atoms with Crippen molar-refractivity contribution in [1.82, 2.24) is 9.62 Å². The summed E-state index contributed by atoms with van der Waals surface area (Å²) in [6.07, 6.45) is 2.82. The van der Waals surface area contributed by atoms with Gasteiger partial charge < -0.3 is 5.32 Å². The molecule has 1 aromatic carbocycles. The smallest absolute Gasteiger partial charge is 0.243 e. The van der Waals surface area contributed by atoms with Crippen LogP contribution < -0.4 is 5.32 Å². The van der Waals surface area contributed by atoms with Crippen LogP contribution in [0.2, 0.25) is 0 Å². The Balaban J connectivity index is 2.39. The van der Waals surface area contributed by atoms with E-state index in [-0.39, 0.29) is 6.04 Å². The molecular formula is C14H22N2O2S. The van der Waals surface area contributed by atoms with E-state index in [0.717, 1.165) is 24.8 Å². The van der Waals surface area contributed by atoms with Crippen LogP contribution in [0.1, 0.15) is 31.7 Å². The van der Waals surface area contributed by atoms with Gasteiger partial charge >= 0.3 is 0 Å². The summed E-state index contributed by atoms with van der Waals surface area (Å²) in [7, 11) is -1.53. The van der Waals surface area contributed by atoms with Gasteiger partial charge in [-0.2, -0.15) is 4.31 Å². The molecule has 1 heterocycles. The van der Waals surface area contributed by atoms with Crippen LogP contribution in [0, 0.1) is 0 Å². The van der Waals surface area contributed by atoms with Crippen molar-refractivity contribution in [1.29, 1.82) is 0 Å². The molecule has 1 aromatic rings. The van der Waals surface area contributed by atoms with E-state index in [2.05, 4.69) is 12.2 Å². The zero-order chi connectivity index (χ0) is 13.9. The van der Waals surface area contributed by atoms with Crippen molar-refractivity contribution >= 4 is 10.0 Å². The molecule has 0 saturated carbocycles. The van der Waals surface area contributed by atoms with Crippen LogP contribution in [0.15, 0.2) is 29.2 Å². The number of rotatable bonds is 5. The summed E-state index contributed by atoms with van der Waals surface area (Å²) in [6.45, 7) is 3.27. The first kappa shape index (κ1) is 14.5. The SMILES string of the molecule is CCC1CCCN1S(=O)(=O)c1ccccc1CNC. The number of benzene rings is 1. The molecule has 1 unspecified atom stereocenters. The lowest BCUT2D eigenvalue weighted by molar-refractivity contribution is 0.379. The van der Waals surface area contributed by atoms with E-state index in [1.807, 2.05) is 19.2 Å². The fourth-order valence-electron chi connectivity index (χ4n) is 2.75. The highest BCUT2D eigenvalue weighted by Crippen LogP contribution is 2.29. The lowest BCUT2D eigenvalue weighted by Gasteiger charge is -2.24. The number of hydrogen-bond acceptors (Lipinski definition) is 3. The maximum absolute atomic E-state index is 12.8. The first-order chi connectivity index (χ1) is 9.11. The lowest BCUT2D eigenvalue weighted by atomic mass is 10.2. The monoisotopic (exact) mass is 282 g/mol. The van der Waals surface area contributed by atoms with Crippen LogP contribution >= 0.6 is 0 Å². The molecule has 0 radical (unpaired) electrons. The second kappa shape index (κ2) is 6.03. The van der Waals surface area contributed by atoms with Crippen molar-refractivity contribution in [3.05, 3.63) is 29.8 Å². The third kappa shape index (κ3) is 2.83. The van der Waals surface area contributed by atoms with Gasteiger partial charge in [0.1, 0.15) is 0 Å². The zero-order valence-electron chi connectivity index (χ0n) is 11.6. The molecule has 0 aromatic heterocycles. The molecule has 19 heavy (non-hydrogen) atoms. The molecule has 1 aliphatic heterocycles. The van der Waals surface area contributed by atoms with Gasteiger partial charge in [0.05, 0.1) is 4.90 Å². The molecule has 106 valence electrons. The van der Waals surface area contributed by atoms with Crippen molar-refractivity contribution in [3.8, 4) is 0 Å². The Kier molecular flexibility index (Phi) is 4.60. The van der Waals surface area contributed by atoms with Gasteiger partial charge in [-0.25, -0.2) is 8.42 Å². The third-order valence-corrected chi connectivity index (χ3v) is 5.77. The normalized spacial score (nSPS) is 20.8. The molecule has 0 amide bonds. The molecule has 0 spiro atoms. The van der Waals surface area contributed by atoms with Crippen LogP contribution in [-0.4, -0.2) is 32.4 Å². The first-order valence-corrected chi connectivity index (χ1v) is 8.29. The van der Waals surface area contributed by atoms with Crippen molar-refractivity contribution in [2.24, 2.45) is 0 Å². The molecule has 1 atom stereocenters. The minimum atomic E-state index is -3.36. The minimum absolute atomic E-state index is 0.160. The van der Waals surface area contributed by atoms with Crippen LogP contribution in [0.5, 0.6) is 0 Å². The third-order valence-electron chi connectivity index (χ3n) is 3.72. The summed E-state index contributed by atoms with van der Waals surface area (Å²) in [4.78, 5) is 0.449. The maximum atomic E-state index is 12.8. The first-order valence-electron chi connectivity index (χ1n) is 6.85. The Morgan fingerprint density at radius 2 is 2.11 bits per heavy atom. The van der Waals surface area contributed by atoms with E-state index in [9.17, 15) is 8.42 Å². The highest BCUT2D eigenvalue weighted by molar-refractivity contribution is 7.89. The second-order valence-electron chi connectivity index (χ2n) is 4.96. The fourth-order valence-corrected chi connectivity index (χ4v) is 4.74. The fraction of sp³-hybridized carbons (Fsp3) is 0.571. The van der Waals surface area contributed by atoms with Crippen LogP contribution in [0.4, 0.5) is 0 Å². The Bertz CT molecular complexity index is 528. The van der Waals surface area contributed by atoms with Gasteiger partial charge in [-0.3, -0.25) is 0 Å². The predicted molar refractivity (Wildman–Crippen MR) is 76.4 cm³/mol. The van der Waals surface area contributed by atoms with E-state index < -0.39 is 10.0 Å². The molecule has 1 saturated heterocycles. The van der Waals surface area contributed by atoms with E-state index in [1.165, 1.54) is 0 Å². The Morgan fingerprint density at radius 1 is 1.37 bits per heavy atom. The Morgan fingerprint density at radius 3 is 2.79 bits per heavy atom. The number of nitrogens with one attached hydrogen (secondary N) is 1. The van der Waals surface area contributed by atoms with Gasteiger partial charge in [-0.1, -0.05) is 25.1 Å². The second-order valence-corrected chi connectivity index (χ2v) is 6.82. The van der Waals surface area contributed by atoms with E-state index >= 15 is 0 Å². The largest absolute Gasteiger partial charge is 0.316 e. The van der Waals surface area contributed by atoms with Crippen LogP contribution in [-0.2, 0) is 16.6 Å². The molecule has 1 aliphatic rings. The lowest BCUT2D eigenvalue weighted by Crippen LogP contribution is -2.35. The molecule has 4 nitrogen and oxygen atoms in total. The van der Waals surface area contributed by atoms with Gasteiger partial charge in [0.15, 0.2) is 0 Å². The summed E-state index contributed by atoms with van der Waals surface area (Å²) in [5, 5.41) is 3.03. The number of nitrogens with zero attached hydrogens (tertiary/aromatic N) is 1. The van der Waals surface area contributed by atoms with Crippen LogP contribution in [0.25, 0.3) is 0 Å². The highest BCUT2D eigenvalue weighted by atomic mass is 32.2. The summed E-state index contributed by atoms with van der Waals surface area (Å²) in [6, 6.07) is 7.43. The minimum Gasteiger partial charge on any atom is -0.316 e. The average molecular weight is 282 g/mol. The van der Waals surface area contributed by atoms with Gasteiger partial charge in [-0.05, 0) is 37.9 Å². The quantitative estimate of drug-likeness (QED) is 0.898. The van der Waals surface area contributed by atoms with Gasteiger partial charge in [0, 0.05) is 19.1 Å². The summed E-state index contributed by atoms with van der Waals surface area (Å²) < 4.78 is 27.3. The molecule has 0 aliphatic carbocycles. The Labute approximate surface area is 115 Å². The number of hydrogen-bond donors (Lipinski definition) is 1. The predicted octanol–water partition coefficient (Wildman–Crippen LogP) is 1.97. The van der Waals surface area contributed by atoms with Crippen molar-refractivity contribution in [2.45, 2.75) is 43.7 Å². The Hall–Kier alpha value is -0.910. The molecule has 5 heteroatoms. The topological polar surface area (TPSA) is 49.4 Å². The van der Waals surface area contributed by atoms with Gasteiger partial charge in [-0.15, -0.1) is 0 Å². The van der Waals surface area contributed by atoms with E-state index in [0.29, 0.717) is 18.0 Å². The van der Waals surface area contributed by atoms with Gasteiger partial charge in [0.25, 0.3) is 0 Å². The number of sulfonamides is 1. The molecule has 0 bridgehead atoms. The summed E-state index contributed by atoms with van der Waals surface area (Å²) in [5.74, 6) is 0.